The molecule has 2 N–H and O–H groups in total. The highest BCUT2D eigenvalue weighted by molar-refractivity contribution is 9.10. The van der Waals surface area contributed by atoms with Crippen LogP contribution in [-0.2, 0) is 4.79 Å². The largest absolute Gasteiger partial charge is 0.483 e. The van der Waals surface area contributed by atoms with Crippen LogP contribution in [0, 0.1) is 6.92 Å². The molecule has 2 aromatic carbocycles. The number of halogens is 1. The molecule has 0 radical (unpaired) electrons. The zero-order chi connectivity index (χ0) is 18.2. The molecular weight excluding hydrogens is 384 g/mol. The Kier molecular flexibility index (Phi) is 6.77. The van der Waals surface area contributed by atoms with E-state index in [9.17, 15) is 9.59 Å². The number of rotatable bonds is 7. The molecule has 0 saturated heterocycles. The number of para-hydroxylation sites is 1. The summed E-state index contributed by atoms with van der Waals surface area (Å²) in [7, 11) is 0. The van der Waals surface area contributed by atoms with Crippen molar-refractivity contribution >= 4 is 33.4 Å². The molecule has 0 bridgehead atoms. The highest BCUT2D eigenvalue weighted by Crippen LogP contribution is 2.25. The van der Waals surface area contributed by atoms with Gasteiger partial charge in [-0.1, -0.05) is 24.3 Å². The Morgan fingerprint density at radius 1 is 1.24 bits per heavy atom. The Morgan fingerprint density at radius 2 is 2.00 bits per heavy atom. The van der Waals surface area contributed by atoms with Crippen LogP contribution >= 0.6 is 15.9 Å². The van der Waals surface area contributed by atoms with Gasteiger partial charge in [-0.05, 0) is 52.7 Å². The third-order valence-electron chi connectivity index (χ3n) is 3.30. The molecule has 0 aliphatic carbocycles. The third kappa shape index (κ3) is 5.46. The average Bonchev–Trinajstić information content (AvgIpc) is 2.59. The molecule has 0 aliphatic heterocycles. The maximum absolute atomic E-state index is 12.2. The molecule has 130 valence electrons. The number of benzene rings is 2. The summed E-state index contributed by atoms with van der Waals surface area (Å²) >= 11 is 3.40. The maximum Gasteiger partial charge on any atom is 0.262 e. The van der Waals surface area contributed by atoms with Gasteiger partial charge in [-0.2, -0.15) is 0 Å². The zero-order valence-corrected chi connectivity index (χ0v) is 15.4. The summed E-state index contributed by atoms with van der Waals surface area (Å²) in [4.78, 5) is 24.3. The molecule has 2 rings (SSSR count). The number of carbonyl (C=O) groups excluding carboxylic acids is 2. The van der Waals surface area contributed by atoms with Gasteiger partial charge in [0.25, 0.3) is 11.8 Å². The van der Waals surface area contributed by atoms with Gasteiger partial charge in [0.1, 0.15) is 5.75 Å². The average molecular weight is 403 g/mol. The summed E-state index contributed by atoms with van der Waals surface area (Å²) in [5.41, 5.74) is 1.90. The molecule has 5 nitrogen and oxygen atoms in total. The van der Waals surface area contributed by atoms with Gasteiger partial charge >= 0.3 is 0 Å². The topological polar surface area (TPSA) is 67.4 Å². The second-order valence-electron chi connectivity index (χ2n) is 5.32. The fourth-order valence-corrected chi connectivity index (χ4v) is 2.71. The van der Waals surface area contributed by atoms with Gasteiger partial charge in [0.2, 0.25) is 0 Å². The van der Waals surface area contributed by atoms with E-state index >= 15 is 0 Å². The fraction of sp³-hybridized carbons (Fsp3) is 0.158. The van der Waals surface area contributed by atoms with Crippen LogP contribution in [0.15, 0.2) is 59.6 Å². The first-order chi connectivity index (χ1) is 12.0. The Hall–Kier alpha value is -2.60. The number of nitrogens with one attached hydrogen (secondary N) is 2. The summed E-state index contributed by atoms with van der Waals surface area (Å²) in [6.07, 6.45) is 1.59. The molecule has 0 unspecified atom stereocenters. The van der Waals surface area contributed by atoms with Gasteiger partial charge in [0.05, 0.1) is 15.7 Å². The number of aryl methyl sites for hydroxylation is 1. The molecule has 0 fully saturated rings. The lowest BCUT2D eigenvalue weighted by molar-refractivity contribution is -0.118. The van der Waals surface area contributed by atoms with Crippen LogP contribution in [0.25, 0.3) is 0 Å². The first-order valence-electron chi connectivity index (χ1n) is 7.68. The Bertz CT molecular complexity index is 790. The van der Waals surface area contributed by atoms with Crippen molar-refractivity contribution in [2.75, 3.05) is 18.5 Å². The number of hydrogen-bond acceptors (Lipinski definition) is 3. The van der Waals surface area contributed by atoms with Crippen molar-refractivity contribution in [3.8, 4) is 5.75 Å². The van der Waals surface area contributed by atoms with E-state index in [2.05, 4.69) is 33.1 Å². The summed E-state index contributed by atoms with van der Waals surface area (Å²) in [6.45, 7) is 5.72. The number of carbonyl (C=O) groups is 2. The number of amides is 2. The van der Waals surface area contributed by atoms with Crippen LogP contribution < -0.4 is 15.4 Å². The molecule has 0 heterocycles. The summed E-state index contributed by atoms with van der Waals surface area (Å²) in [6, 6.07) is 12.4. The van der Waals surface area contributed by atoms with Gasteiger partial charge in [-0.3, -0.25) is 9.59 Å². The quantitative estimate of drug-likeness (QED) is 0.693. The molecule has 0 atom stereocenters. The van der Waals surface area contributed by atoms with Crippen molar-refractivity contribution in [2.24, 2.45) is 0 Å². The minimum absolute atomic E-state index is 0.162. The second kappa shape index (κ2) is 9.03. The van der Waals surface area contributed by atoms with Gasteiger partial charge < -0.3 is 15.4 Å². The third-order valence-corrected chi connectivity index (χ3v) is 3.92. The predicted molar refractivity (Wildman–Crippen MR) is 102 cm³/mol. The summed E-state index contributed by atoms with van der Waals surface area (Å²) in [5, 5.41) is 5.39. The van der Waals surface area contributed by atoms with E-state index in [0.29, 0.717) is 23.5 Å². The van der Waals surface area contributed by atoms with E-state index in [1.165, 1.54) is 0 Å². The van der Waals surface area contributed by atoms with Crippen LogP contribution in [0.4, 0.5) is 5.69 Å². The van der Waals surface area contributed by atoms with Crippen LogP contribution in [-0.4, -0.2) is 25.0 Å². The van der Waals surface area contributed by atoms with E-state index in [-0.39, 0.29) is 18.4 Å². The van der Waals surface area contributed by atoms with Crippen LogP contribution in [0.1, 0.15) is 15.9 Å². The van der Waals surface area contributed by atoms with Crippen molar-refractivity contribution < 1.29 is 14.3 Å². The fourth-order valence-electron chi connectivity index (χ4n) is 2.10. The molecular formula is C19H19BrN2O3. The molecule has 2 aromatic rings. The minimum atomic E-state index is -0.351. The van der Waals surface area contributed by atoms with Gasteiger partial charge in [-0.25, -0.2) is 0 Å². The lowest BCUT2D eigenvalue weighted by Gasteiger charge is -2.12. The summed E-state index contributed by atoms with van der Waals surface area (Å²) in [5.74, 6) is -0.0489. The van der Waals surface area contributed by atoms with Crippen molar-refractivity contribution in [3.05, 3.63) is 70.7 Å². The summed E-state index contributed by atoms with van der Waals surface area (Å²) < 4.78 is 6.30. The standard InChI is InChI=1S/C19H19BrN2O3/c1-3-10-21-19(24)14-6-4-5-7-16(14)22-18(23)12-25-17-9-8-13(2)11-15(17)20/h3-9,11H,1,10,12H2,2H3,(H,21,24)(H,22,23). The lowest BCUT2D eigenvalue weighted by atomic mass is 10.1. The normalized spacial score (nSPS) is 10.0. The van der Waals surface area contributed by atoms with Gasteiger partial charge in [0.15, 0.2) is 6.61 Å². The highest BCUT2D eigenvalue weighted by Gasteiger charge is 2.13. The number of ether oxygens (including phenoxy) is 1. The maximum atomic E-state index is 12.2. The molecule has 0 aliphatic rings. The Balaban J connectivity index is 2.00. The Labute approximate surface area is 155 Å². The SMILES string of the molecule is C=CCNC(=O)c1ccccc1NC(=O)COc1ccc(C)cc1Br. The molecule has 0 saturated carbocycles. The van der Waals surface area contributed by atoms with Gasteiger partial charge in [0, 0.05) is 6.54 Å². The van der Waals surface area contributed by atoms with Gasteiger partial charge in [-0.15, -0.1) is 6.58 Å². The van der Waals surface area contributed by atoms with E-state index in [1.807, 2.05) is 19.1 Å². The molecule has 25 heavy (non-hydrogen) atoms. The molecule has 6 heteroatoms. The first-order valence-corrected chi connectivity index (χ1v) is 8.47. The minimum Gasteiger partial charge on any atom is -0.483 e. The Morgan fingerprint density at radius 3 is 2.72 bits per heavy atom. The molecule has 2 amide bonds. The van der Waals surface area contributed by atoms with Crippen LogP contribution in [0.3, 0.4) is 0 Å². The van der Waals surface area contributed by atoms with Crippen LogP contribution in [0.2, 0.25) is 0 Å². The monoisotopic (exact) mass is 402 g/mol. The van der Waals surface area contributed by atoms with Crippen LogP contribution in [0.5, 0.6) is 5.75 Å². The van der Waals surface area contributed by atoms with Crippen molar-refractivity contribution in [1.82, 2.24) is 5.32 Å². The van der Waals surface area contributed by atoms with E-state index in [4.69, 9.17) is 4.74 Å². The lowest BCUT2D eigenvalue weighted by Crippen LogP contribution is -2.26. The smallest absolute Gasteiger partial charge is 0.262 e. The first kappa shape index (κ1) is 18.7. The van der Waals surface area contributed by atoms with E-state index in [0.717, 1.165) is 10.0 Å². The molecule has 0 spiro atoms. The second-order valence-corrected chi connectivity index (χ2v) is 6.17. The van der Waals surface area contributed by atoms with Crippen molar-refractivity contribution in [2.45, 2.75) is 6.92 Å². The molecule has 0 aromatic heterocycles. The number of anilines is 1. The van der Waals surface area contributed by atoms with E-state index < -0.39 is 0 Å². The van der Waals surface area contributed by atoms with E-state index in [1.54, 1.807) is 36.4 Å². The number of hydrogen-bond donors (Lipinski definition) is 2. The zero-order valence-electron chi connectivity index (χ0n) is 13.8. The highest BCUT2D eigenvalue weighted by atomic mass is 79.9. The van der Waals surface area contributed by atoms with Crippen molar-refractivity contribution in [1.29, 1.82) is 0 Å². The van der Waals surface area contributed by atoms with Crippen molar-refractivity contribution in [3.63, 3.8) is 0 Å². The predicted octanol–water partition coefficient (Wildman–Crippen LogP) is 3.69.